The molecule has 0 aromatic heterocycles. The summed E-state index contributed by atoms with van der Waals surface area (Å²) in [5.41, 5.74) is 0. The Bertz CT molecular complexity index is 189. The smallest absolute Gasteiger partial charge is 0.410 e. The fourth-order valence-electron chi connectivity index (χ4n) is 1.01. The standard InChI is InChI=1S/C8H11NO2/c1-3-5-9-7(4-2)6-11-8(9)10/h3-4,7H,1-2,5-6H2. The fraction of sp³-hybridized carbons (Fsp3) is 0.375. The molecule has 3 heteroatoms. The molecule has 1 aliphatic heterocycles. The van der Waals surface area contributed by atoms with Crippen LogP contribution < -0.4 is 0 Å². The van der Waals surface area contributed by atoms with Crippen molar-refractivity contribution in [3.05, 3.63) is 25.3 Å². The van der Waals surface area contributed by atoms with E-state index >= 15 is 0 Å². The molecule has 0 spiro atoms. The van der Waals surface area contributed by atoms with Crippen LogP contribution in [0.25, 0.3) is 0 Å². The average Bonchev–Trinajstić information content (AvgIpc) is 2.34. The van der Waals surface area contributed by atoms with E-state index in [1.165, 1.54) is 0 Å². The van der Waals surface area contributed by atoms with E-state index in [4.69, 9.17) is 4.74 Å². The highest BCUT2D eigenvalue weighted by Gasteiger charge is 2.29. The molecule has 1 unspecified atom stereocenters. The lowest BCUT2D eigenvalue weighted by atomic mass is 10.3. The van der Waals surface area contributed by atoms with Gasteiger partial charge in [0.2, 0.25) is 0 Å². The zero-order valence-corrected chi connectivity index (χ0v) is 6.32. The average molecular weight is 153 g/mol. The van der Waals surface area contributed by atoms with Gasteiger partial charge in [-0.05, 0) is 0 Å². The predicted octanol–water partition coefficient (Wildman–Crippen LogP) is 1.18. The van der Waals surface area contributed by atoms with Gasteiger partial charge >= 0.3 is 6.09 Å². The maximum atomic E-state index is 10.9. The van der Waals surface area contributed by atoms with E-state index in [9.17, 15) is 4.79 Å². The van der Waals surface area contributed by atoms with Gasteiger partial charge in [-0.15, -0.1) is 13.2 Å². The molecule has 0 N–H and O–H groups in total. The van der Waals surface area contributed by atoms with Gasteiger partial charge in [0.05, 0.1) is 6.04 Å². The SMILES string of the molecule is C=CCN1C(=O)OCC1C=C. The van der Waals surface area contributed by atoms with Gasteiger partial charge < -0.3 is 4.74 Å². The maximum absolute atomic E-state index is 10.9. The van der Waals surface area contributed by atoms with Crippen molar-refractivity contribution in [2.75, 3.05) is 13.2 Å². The largest absolute Gasteiger partial charge is 0.447 e. The van der Waals surface area contributed by atoms with E-state index < -0.39 is 0 Å². The summed E-state index contributed by atoms with van der Waals surface area (Å²) in [6.07, 6.45) is 3.09. The zero-order chi connectivity index (χ0) is 8.27. The number of carbonyl (C=O) groups is 1. The van der Waals surface area contributed by atoms with Crippen LogP contribution in [0.15, 0.2) is 25.3 Å². The number of hydrogen-bond donors (Lipinski definition) is 0. The lowest BCUT2D eigenvalue weighted by molar-refractivity contribution is 0.160. The molecule has 0 bridgehead atoms. The van der Waals surface area contributed by atoms with Crippen LogP contribution in [0.4, 0.5) is 4.79 Å². The van der Waals surface area contributed by atoms with Gasteiger partial charge in [0.1, 0.15) is 6.61 Å². The Morgan fingerprint density at radius 3 is 3.00 bits per heavy atom. The van der Waals surface area contributed by atoms with Crippen LogP contribution in [0.5, 0.6) is 0 Å². The van der Waals surface area contributed by atoms with E-state index in [1.807, 2.05) is 0 Å². The van der Waals surface area contributed by atoms with E-state index in [-0.39, 0.29) is 12.1 Å². The van der Waals surface area contributed by atoms with Gasteiger partial charge in [-0.2, -0.15) is 0 Å². The first-order chi connectivity index (χ1) is 5.29. The summed E-state index contributed by atoms with van der Waals surface area (Å²) in [6.45, 7) is 8.08. The van der Waals surface area contributed by atoms with Gasteiger partial charge in [0.15, 0.2) is 0 Å². The Hall–Kier alpha value is -1.25. The molecule has 1 fully saturated rings. The lowest BCUT2D eigenvalue weighted by Crippen LogP contribution is -2.31. The first-order valence-electron chi connectivity index (χ1n) is 3.46. The highest BCUT2D eigenvalue weighted by molar-refractivity contribution is 5.70. The molecule has 1 heterocycles. The van der Waals surface area contributed by atoms with Crippen molar-refractivity contribution >= 4 is 6.09 Å². The van der Waals surface area contributed by atoms with Crippen molar-refractivity contribution in [3.8, 4) is 0 Å². The van der Waals surface area contributed by atoms with Crippen LogP contribution in [0.1, 0.15) is 0 Å². The van der Waals surface area contributed by atoms with Crippen LogP contribution in [-0.4, -0.2) is 30.2 Å². The third-order valence-corrected chi connectivity index (χ3v) is 1.61. The third kappa shape index (κ3) is 1.42. The van der Waals surface area contributed by atoms with E-state index in [0.717, 1.165) is 0 Å². The van der Waals surface area contributed by atoms with Crippen LogP contribution in [0, 0.1) is 0 Å². The molecule has 1 atom stereocenters. The van der Waals surface area contributed by atoms with Gasteiger partial charge in [-0.1, -0.05) is 12.2 Å². The topological polar surface area (TPSA) is 29.5 Å². The predicted molar refractivity (Wildman–Crippen MR) is 42.2 cm³/mol. The number of rotatable bonds is 3. The van der Waals surface area contributed by atoms with Crippen molar-refractivity contribution in [3.63, 3.8) is 0 Å². The lowest BCUT2D eigenvalue weighted by Gasteiger charge is -2.15. The summed E-state index contributed by atoms with van der Waals surface area (Å²) in [4.78, 5) is 12.5. The van der Waals surface area contributed by atoms with E-state index in [1.54, 1.807) is 17.1 Å². The molecule has 3 nitrogen and oxygen atoms in total. The summed E-state index contributed by atoms with van der Waals surface area (Å²) >= 11 is 0. The van der Waals surface area contributed by atoms with Crippen molar-refractivity contribution in [2.24, 2.45) is 0 Å². The minimum absolute atomic E-state index is 0.0144. The van der Waals surface area contributed by atoms with Gasteiger partial charge in [-0.25, -0.2) is 4.79 Å². The van der Waals surface area contributed by atoms with Crippen molar-refractivity contribution in [2.45, 2.75) is 6.04 Å². The highest BCUT2D eigenvalue weighted by Crippen LogP contribution is 2.11. The molecule has 0 aliphatic carbocycles. The second kappa shape index (κ2) is 3.23. The van der Waals surface area contributed by atoms with Crippen molar-refractivity contribution in [1.29, 1.82) is 0 Å². The summed E-state index contributed by atoms with van der Waals surface area (Å²) in [6, 6.07) is 0.0144. The summed E-state index contributed by atoms with van der Waals surface area (Å²) in [5.74, 6) is 0. The molecular weight excluding hydrogens is 142 g/mol. The molecule has 1 amide bonds. The normalized spacial score (nSPS) is 23.1. The van der Waals surface area contributed by atoms with Gasteiger partial charge in [-0.3, -0.25) is 4.90 Å². The molecule has 0 aromatic carbocycles. The van der Waals surface area contributed by atoms with Crippen LogP contribution in [-0.2, 0) is 4.74 Å². The summed E-state index contributed by atoms with van der Waals surface area (Å²) in [5, 5.41) is 0. The van der Waals surface area contributed by atoms with E-state index in [0.29, 0.717) is 13.2 Å². The second-order valence-corrected chi connectivity index (χ2v) is 2.32. The number of ether oxygens (including phenoxy) is 1. The number of carbonyl (C=O) groups excluding carboxylic acids is 1. The molecule has 0 aromatic rings. The van der Waals surface area contributed by atoms with Crippen LogP contribution >= 0.6 is 0 Å². The van der Waals surface area contributed by atoms with Gasteiger partial charge in [0.25, 0.3) is 0 Å². The number of cyclic esters (lactones) is 1. The number of nitrogens with zero attached hydrogens (tertiary/aromatic N) is 1. The highest BCUT2D eigenvalue weighted by atomic mass is 16.6. The molecule has 11 heavy (non-hydrogen) atoms. The van der Waals surface area contributed by atoms with Crippen molar-refractivity contribution in [1.82, 2.24) is 4.90 Å². The fourth-order valence-corrected chi connectivity index (χ4v) is 1.01. The molecule has 1 aliphatic rings. The molecule has 60 valence electrons. The molecule has 0 radical (unpaired) electrons. The molecular formula is C8H11NO2. The van der Waals surface area contributed by atoms with Crippen LogP contribution in [0.2, 0.25) is 0 Å². The van der Waals surface area contributed by atoms with Crippen molar-refractivity contribution < 1.29 is 9.53 Å². The Balaban J connectivity index is 2.62. The Morgan fingerprint density at radius 2 is 2.45 bits per heavy atom. The summed E-state index contributed by atoms with van der Waals surface area (Å²) in [7, 11) is 0. The first kappa shape index (κ1) is 7.85. The molecule has 1 saturated heterocycles. The first-order valence-corrected chi connectivity index (χ1v) is 3.46. The number of hydrogen-bond acceptors (Lipinski definition) is 2. The van der Waals surface area contributed by atoms with Gasteiger partial charge in [0, 0.05) is 6.54 Å². The Kier molecular flexibility index (Phi) is 2.31. The minimum Gasteiger partial charge on any atom is -0.447 e. The number of amides is 1. The summed E-state index contributed by atoms with van der Waals surface area (Å²) < 4.78 is 4.79. The maximum Gasteiger partial charge on any atom is 0.410 e. The zero-order valence-electron chi connectivity index (χ0n) is 6.32. The molecule has 0 saturated carbocycles. The van der Waals surface area contributed by atoms with E-state index in [2.05, 4.69) is 13.2 Å². The third-order valence-electron chi connectivity index (χ3n) is 1.61. The monoisotopic (exact) mass is 153 g/mol. The Morgan fingerprint density at radius 1 is 1.73 bits per heavy atom. The quantitative estimate of drug-likeness (QED) is 0.570. The minimum atomic E-state index is -0.283. The molecule has 1 rings (SSSR count). The Labute approximate surface area is 65.9 Å². The van der Waals surface area contributed by atoms with Crippen LogP contribution in [0.3, 0.4) is 0 Å². The second-order valence-electron chi connectivity index (χ2n) is 2.32.